The molecule has 0 unspecified atom stereocenters. The van der Waals surface area contributed by atoms with Gasteiger partial charge in [0.05, 0.1) is 0 Å². The maximum Gasteiger partial charge on any atom is 0.119 e. The second kappa shape index (κ2) is 5.27. The molecule has 0 saturated heterocycles. The monoisotopic (exact) mass is 242 g/mol. The van der Waals surface area contributed by atoms with Gasteiger partial charge in [0.15, 0.2) is 0 Å². The van der Waals surface area contributed by atoms with Crippen LogP contribution in [0.5, 0.6) is 17.2 Å². The topological polar surface area (TPSA) is 60.7 Å². The van der Waals surface area contributed by atoms with Crippen molar-refractivity contribution in [2.75, 3.05) is 0 Å². The SMILES string of the molecule is Oc1ccc(/C=C/Cc2cc(O)ccc2O)cc1. The van der Waals surface area contributed by atoms with Crippen LogP contribution in [0, 0.1) is 0 Å². The number of phenolic OH excluding ortho intramolecular Hbond substituents is 3. The molecular formula is C15H14O3. The lowest BCUT2D eigenvalue weighted by atomic mass is 10.1. The number of benzene rings is 2. The van der Waals surface area contributed by atoms with Crippen molar-refractivity contribution >= 4 is 6.08 Å². The Kier molecular flexibility index (Phi) is 3.53. The highest BCUT2D eigenvalue weighted by Gasteiger charge is 1.99. The summed E-state index contributed by atoms with van der Waals surface area (Å²) in [5, 5.41) is 28.1. The smallest absolute Gasteiger partial charge is 0.119 e. The van der Waals surface area contributed by atoms with Gasteiger partial charge in [-0.25, -0.2) is 0 Å². The zero-order valence-electron chi connectivity index (χ0n) is 9.74. The molecule has 0 aromatic heterocycles. The van der Waals surface area contributed by atoms with Crippen molar-refractivity contribution in [2.24, 2.45) is 0 Å². The van der Waals surface area contributed by atoms with E-state index in [0.717, 1.165) is 5.56 Å². The molecule has 2 aromatic rings. The van der Waals surface area contributed by atoms with Crippen LogP contribution >= 0.6 is 0 Å². The van der Waals surface area contributed by atoms with Gasteiger partial charge in [-0.05, 0) is 42.3 Å². The van der Waals surface area contributed by atoms with Crippen LogP contribution < -0.4 is 0 Å². The quantitative estimate of drug-likeness (QED) is 0.725. The molecule has 0 amide bonds. The van der Waals surface area contributed by atoms with Crippen LogP contribution in [0.15, 0.2) is 48.5 Å². The average molecular weight is 242 g/mol. The molecule has 0 aliphatic carbocycles. The Morgan fingerprint density at radius 1 is 0.833 bits per heavy atom. The fourth-order valence-electron chi connectivity index (χ4n) is 1.64. The molecule has 0 fully saturated rings. The fraction of sp³-hybridized carbons (Fsp3) is 0.0667. The van der Waals surface area contributed by atoms with Crippen LogP contribution in [0.2, 0.25) is 0 Å². The Balaban J connectivity index is 2.07. The van der Waals surface area contributed by atoms with E-state index in [1.807, 2.05) is 12.2 Å². The molecule has 2 aromatic carbocycles. The summed E-state index contributed by atoms with van der Waals surface area (Å²) in [6, 6.07) is 11.3. The molecule has 0 atom stereocenters. The van der Waals surface area contributed by atoms with Crippen LogP contribution in [0.25, 0.3) is 6.08 Å². The number of hydrogen-bond donors (Lipinski definition) is 3. The number of hydrogen-bond acceptors (Lipinski definition) is 3. The van der Waals surface area contributed by atoms with Crippen LogP contribution in [-0.4, -0.2) is 15.3 Å². The Labute approximate surface area is 105 Å². The number of phenols is 3. The van der Waals surface area contributed by atoms with E-state index in [4.69, 9.17) is 5.11 Å². The van der Waals surface area contributed by atoms with Gasteiger partial charge in [-0.1, -0.05) is 24.3 Å². The second-order valence-corrected chi connectivity index (χ2v) is 4.01. The van der Waals surface area contributed by atoms with E-state index in [1.54, 1.807) is 24.3 Å². The molecule has 3 N–H and O–H groups in total. The third-order valence-corrected chi connectivity index (χ3v) is 2.60. The molecule has 0 aliphatic heterocycles. The van der Waals surface area contributed by atoms with Crippen molar-refractivity contribution in [2.45, 2.75) is 6.42 Å². The van der Waals surface area contributed by atoms with Crippen molar-refractivity contribution in [1.29, 1.82) is 0 Å². The lowest BCUT2D eigenvalue weighted by Crippen LogP contribution is -1.82. The Bertz CT molecular complexity index is 556. The molecule has 92 valence electrons. The zero-order chi connectivity index (χ0) is 13.0. The van der Waals surface area contributed by atoms with Crippen molar-refractivity contribution in [3.05, 3.63) is 59.7 Å². The first-order chi connectivity index (χ1) is 8.65. The standard InChI is InChI=1S/C15H14O3/c16-13-6-4-11(5-7-13)2-1-3-12-10-14(17)8-9-15(12)18/h1-2,4-10,16-18H,3H2/b2-1+. The zero-order valence-corrected chi connectivity index (χ0v) is 9.74. The van der Waals surface area contributed by atoms with Crippen molar-refractivity contribution < 1.29 is 15.3 Å². The Morgan fingerprint density at radius 2 is 1.50 bits per heavy atom. The maximum absolute atomic E-state index is 9.59. The first-order valence-corrected chi connectivity index (χ1v) is 5.61. The van der Waals surface area contributed by atoms with Crippen LogP contribution in [0.3, 0.4) is 0 Å². The summed E-state index contributed by atoms with van der Waals surface area (Å²) in [5.41, 5.74) is 1.64. The minimum Gasteiger partial charge on any atom is -0.508 e. The van der Waals surface area contributed by atoms with Gasteiger partial charge in [-0.2, -0.15) is 0 Å². The summed E-state index contributed by atoms with van der Waals surface area (Å²) in [6.45, 7) is 0. The lowest BCUT2D eigenvalue weighted by molar-refractivity contribution is 0.455. The molecule has 0 spiro atoms. The van der Waals surface area contributed by atoms with E-state index in [-0.39, 0.29) is 17.2 Å². The Morgan fingerprint density at radius 3 is 2.22 bits per heavy atom. The predicted molar refractivity (Wildman–Crippen MR) is 70.6 cm³/mol. The van der Waals surface area contributed by atoms with Gasteiger partial charge >= 0.3 is 0 Å². The largest absolute Gasteiger partial charge is 0.508 e. The van der Waals surface area contributed by atoms with Gasteiger partial charge in [-0.15, -0.1) is 0 Å². The summed E-state index contributed by atoms with van der Waals surface area (Å²) in [6.07, 6.45) is 4.31. The van der Waals surface area contributed by atoms with E-state index < -0.39 is 0 Å². The lowest BCUT2D eigenvalue weighted by Gasteiger charge is -2.01. The van der Waals surface area contributed by atoms with Gasteiger partial charge in [0.1, 0.15) is 17.2 Å². The minimum atomic E-state index is 0.140. The van der Waals surface area contributed by atoms with Gasteiger partial charge in [-0.3, -0.25) is 0 Å². The molecule has 0 radical (unpaired) electrons. The molecule has 2 rings (SSSR count). The molecule has 0 heterocycles. The molecular weight excluding hydrogens is 228 g/mol. The normalized spacial score (nSPS) is 10.9. The fourth-order valence-corrected chi connectivity index (χ4v) is 1.64. The first-order valence-electron chi connectivity index (χ1n) is 5.61. The van der Waals surface area contributed by atoms with Gasteiger partial charge in [0.25, 0.3) is 0 Å². The number of aromatic hydroxyl groups is 3. The first kappa shape index (κ1) is 12.0. The summed E-state index contributed by atoms with van der Waals surface area (Å²) >= 11 is 0. The van der Waals surface area contributed by atoms with Crippen LogP contribution in [0.1, 0.15) is 11.1 Å². The van der Waals surface area contributed by atoms with E-state index in [1.165, 1.54) is 18.2 Å². The van der Waals surface area contributed by atoms with E-state index in [2.05, 4.69) is 0 Å². The van der Waals surface area contributed by atoms with Crippen molar-refractivity contribution in [3.63, 3.8) is 0 Å². The van der Waals surface area contributed by atoms with Gasteiger partial charge in [0, 0.05) is 5.56 Å². The highest BCUT2D eigenvalue weighted by Crippen LogP contribution is 2.23. The van der Waals surface area contributed by atoms with Gasteiger partial charge < -0.3 is 15.3 Å². The van der Waals surface area contributed by atoms with Crippen molar-refractivity contribution in [3.8, 4) is 17.2 Å². The Hall–Kier alpha value is -2.42. The van der Waals surface area contributed by atoms with Gasteiger partial charge in [0.2, 0.25) is 0 Å². The van der Waals surface area contributed by atoms with Crippen LogP contribution in [0.4, 0.5) is 0 Å². The summed E-state index contributed by atoms with van der Waals surface area (Å²) < 4.78 is 0. The third-order valence-electron chi connectivity index (χ3n) is 2.60. The summed E-state index contributed by atoms with van der Waals surface area (Å²) in [5.74, 6) is 0.543. The van der Waals surface area contributed by atoms with E-state index in [0.29, 0.717) is 12.0 Å². The summed E-state index contributed by atoms with van der Waals surface area (Å²) in [7, 11) is 0. The second-order valence-electron chi connectivity index (χ2n) is 4.01. The van der Waals surface area contributed by atoms with Crippen LogP contribution in [-0.2, 0) is 6.42 Å². The third kappa shape index (κ3) is 3.04. The molecule has 0 bridgehead atoms. The number of rotatable bonds is 3. The molecule has 3 heteroatoms. The minimum absolute atomic E-state index is 0.140. The molecule has 18 heavy (non-hydrogen) atoms. The molecule has 3 nitrogen and oxygen atoms in total. The van der Waals surface area contributed by atoms with E-state index >= 15 is 0 Å². The average Bonchev–Trinajstić information content (AvgIpc) is 2.36. The highest BCUT2D eigenvalue weighted by atomic mass is 16.3. The summed E-state index contributed by atoms with van der Waals surface area (Å²) in [4.78, 5) is 0. The van der Waals surface area contributed by atoms with Crippen molar-refractivity contribution in [1.82, 2.24) is 0 Å². The maximum atomic E-state index is 9.59. The highest BCUT2D eigenvalue weighted by molar-refractivity contribution is 5.51. The number of allylic oxidation sites excluding steroid dienone is 1. The molecule has 0 saturated carbocycles. The van der Waals surface area contributed by atoms with E-state index in [9.17, 15) is 10.2 Å². The predicted octanol–water partition coefficient (Wildman–Crippen LogP) is 3.06. The molecule has 0 aliphatic rings.